The maximum atomic E-state index is 5.33. The first-order valence-corrected chi connectivity index (χ1v) is 13.0. The van der Waals surface area contributed by atoms with E-state index in [1.807, 2.05) is 26.0 Å². The van der Waals surface area contributed by atoms with Gasteiger partial charge in [0.05, 0.1) is 7.11 Å². The molecule has 0 atom stereocenters. The van der Waals surface area contributed by atoms with Crippen molar-refractivity contribution in [1.29, 1.82) is 0 Å². The van der Waals surface area contributed by atoms with Gasteiger partial charge in [-0.15, -0.1) is 0 Å². The Morgan fingerprint density at radius 2 is 1.52 bits per heavy atom. The first-order chi connectivity index (χ1) is 15.3. The zero-order valence-corrected chi connectivity index (χ0v) is 20.5. The molecule has 3 nitrogen and oxygen atoms in total. The van der Waals surface area contributed by atoms with E-state index in [-0.39, 0.29) is 0 Å². The van der Waals surface area contributed by atoms with Crippen LogP contribution in [-0.2, 0) is 6.54 Å². The second-order valence-electron chi connectivity index (χ2n) is 8.38. The van der Waals surface area contributed by atoms with Crippen molar-refractivity contribution < 1.29 is 4.74 Å². The van der Waals surface area contributed by atoms with Crippen LogP contribution in [0.15, 0.2) is 58.3 Å². The number of benzene rings is 2. The molecule has 4 rings (SSSR count). The van der Waals surface area contributed by atoms with Crippen LogP contribution in [0.4, 0.5) is 0 Å². The van der Waals surface area contributed by atoms with Gasteiger partial charge in [-0.1, -0.05) is 69.5 Å². The Bertz CT molecular complexity index is 748. The summed E-state index contributed by atoms with van der Waals surface area (Å²) in [5.74, 6) is 0.912. The normalized spacial score (nSPS) is 18.7. The first kappa shape index (κ1) is 24.2. The van der Waals surface area contributed by atoms with Crippen molar-refractivity contribution in [1.82, 2.24) is 9.80 Å². The smallest absolute Gasteiger partial charge is 0.119 e. The molecule has 1 heterocycles. The zero-order valence-electron chi connectivity index (χ0n) is 19.7. The van der Waals surface area contributed by atoms with Gasteiger partial charge in [-0.3, -0.25) is 9.80 Å². The highest BCUT2D eigenvalue weighted by Gasteiger charge is 2.24. The largest absolute Gasteiger partial charge is 0.497 e. The van der Waals surface area contributed by atoms with Crippen molar-refractivity contribution in [2.75, 3.05) is 33.3 Å². The van der Waals surface area contributed by atoms with E-state index >= 15 is 0 Å². The summed E-state index contributed by atoms with van der Waals surface area (Å²) in [6, 6.07) is 18.2. The van der Waals surface area contributed by atoms with Gasteiger partial charge in [0.2, 0.25) is 0 Å². The van der Waals surface area contributed by atoms with E-state index in [1.165, 1.54) is 80.1 Å². The lowest BCUT2D eigenvalue weighted by Crippen LogP contribution is -2.49. The molecule has 170 valence electrons. The number of hydrogen-bond acceptors (Lipinski definition) is 4. The molecule has 31 heavy (non-hydrogen) atoms. The lowest BCUT2D eigenvalue weighted by molar-refractivity contribution is 0.0851. The molecule has 1 saturated heterocycles. The Balaban J connectivity index is 0.00000132. The molecule has 1 aliphatic heterocycles. The summed E-state index contributed by atoms with van der Waals surface area (Å²) >= 11 is 1.79. The van der Waals surface area contributed by atoms with Gasteiger partial charge in [0.1, 0.15) is 5.75 Å². The molecule has 2 aromatic carbocycles. The Morgan fingerprint density at radius 1 is 0.839 bits per heavy atom. The molecule has 2 aliphatic rings. The van der Waals surface area contributed by atoms with Gasteiger partial charge in [-0.25, -0.2) is 0 Å². The van der Waals surface area contributed by atoms with Gasteiger partial charge in [0.15, 0.2) is 0 Å². The second kappa shape index (κ2) is 13.1. The van der Waals surface area contributed by atoms with Crippen LogP contribution < -0.4 is 4.74 Å². The van der Waals surface area contributed by atoms with Crippen LogP contribution >= 0.6 is 11.8 Å². The number of hydrogen-bond donors (Lipinski definition) is 0. The fourth-order valence-corrected chi connectivity index (χ4v) is 5.50. The van der Waals surface area contributed by atoms with E-state index < -0.39 is 0 Å². The lowest BCUT2D eigenvalue weighted by Gasteiger charge is -2.39. The summed E-state index contributed by atoms with van der Waals surface area (Å²) in [5.41, 5.74) is 1.42. The summed E-state index contributed by atoms with van der Waals surface area (Å²) in [6.45, 7) is 9.97. The van der Waals surface area contributed by atoms with Crippen molar-refractivity contribution in [2.45, 2.75) is 74.7 Å². The topological polar surface area (TPSA) is 15.7 Å². The van der Waals surface area contributed by atoms with Crippen molar-refractivity contribution >= 4 is 11.8 Å². The molecule has 4 heteroatoms. The van der Waals surface area contributed by atoms with E-state index in [0.29, 0.717) is 0 Å². The summed E-state index contributed by atoms with van der Waals surface area (Å²) in [7, 11) is 1.72. The van der Waals surface area contributed by atoms with Crippen molar-refractivity contribution in [3.05, 3.63) is 54.1 Å². The van der Waals surface area contributed by atoms with Crippen LogP contribution in [0.3, 0.4) is 0 Å². The molecule has 0 unspecified atom stereocenters. The summed E-state index contributed by atoms with van der Waals surface area (Å²) in [6.07, 6.45) is 8.61. The van der Waals surface area contributed by atoms with Gasteiger partial charge in [-0.05, 0) is 48.7 Å². The molecule has 1 saturated carbocycles. The maximum absolute atomic E-state index is 5.33. The average Bonchev–Trinajstić information content (AvgIpc) is 3.12. The fraction of sp³-hybridized carbons (Fsp3) is 0.556. The van der Waals surface area contributed by atoms with Crippen LogP contribution in [0.5, 0.6) is 5.75 Å². The van der Waals surface area contributed by atoms with Crippen molar-refractivity contribution in [3.63, 3.8) is 0 Å². The van der Waals surface area contributed by atoms with E-state index in [4.69, 9.17) is 4.74 Å². The highest BCUT2D eigenvalue weighted by molar-refractivity contribution is 7.99. The quantitative estimate of drug-likeness (QED) is 0.463. The molecule has 0 amide bonds. The molecule has 0 spiro atoms. The molecule has 0 N–H and O–H groups in total. The molecular weight excluding hydrogens is 400 g/mol. The summed E-state index contributed by atoms with van der Waals surface area (Å²) < 4.78 is 5.33. The van der Waals surface area contributed by atoms with E-state index in [9.17, 15) is 0 Å². The minimum Gasteiger partial charge on any atom is -0.497 e. The minimum atomic E-state index is 0.854. The van der Waals surface area contributed by atoms with Crippen LogP contribution in [0.1, 0.15) is 57.9 Å². The van der Waals surface area contributed by atoms with E-state index in [1.54, 1.807) is 18.9 Å². The molecule has 0 bridgehead atoms. The molecule has 1 aliphatic carbocycles. The van der Waals surface area contributed by atoms with Gasteiger partial charge in [-0.2, -0.15) is 0 Å². The molecule has 2 fully saturated rings. The Hall–Kier alpha value is -1.49. The highest BCUT2D eigenvalue weighted by atomic mass is 32.2. The first-order valence-electron chi connectivity index (χ1n) is 12.2. The third-order valence-electron chi connectivity index (χ3n) is 6.35. The van der Waals surface area contributed by atoms with Crippen molar-refractivity contribution in [2.24, 2.45) is 0 Å². The minimum absolute atomic E-state index is 0.854. The maximum Gasteiger partial charge on any atom is 0.119 e. The highest BCUT2D eigenvalue weighted by Crippen LogP contribution is 2.30. The third-order valence-corrected chi connectivity index (χ3v) is 7.35. The third kappa shape index (κ3) is 7.55. The lowest BCUT2D eigenvalue weighted by atomic mass is 10.1. The fourth-order valence-electron chi connectivity index (χ4n) is 4.63. The predicted molar refractivity (Wildman–Crippen MR) is 133 cm³/mol. The van der Waals surface area contributed by atoms with E-state index in [2.05, 4.69) is 46.2 Å². The number of piperazine rings is 1. The van der Waals surface area contributed by atoms with Crippen LogP contribution in [-0.4, -0.2) is 49.1 Å². The number of ether oxygens (including phenoxy) is 1. The van der Waals surface area contributed by atoms with Gasteiger partial charge >= 0.3 is 0 Å². The Morgan fingerprint density at radius 3 is 2.16 bits per heavy atom. The Kier molecular flexibility index (Phi) is 10.2. The van der Waals surface area contributed by atoms with Crippen LogP contribution in [0.2, 0.25) is 0 Å². The van der Waals surface area contributed by atoms with Gasteiger partial charge in [0, 0.05) is 48.6 Å². The zero-order chi connectivity index (χ0) is 21.9. The van der Waals surface area contributed by atoms with Gasteiger partial charge < -0.3 is 4.74 Å². The Labute approximate surface area is 194 Å². The number of rotatable bonds is 6. The van der Waals surface area contributed by atoms with E-state index in [0.717, 1.165) is 18.3 Å². The average molecular weight is 441 g/mol. The SMILES string of the molecule is CC.COc1cccc(Sc2ccc(CN3CCN(C4CCCCCC4)CC3)cc2)c1. The summed E-state index contributed by atoms with van der Waals surface area (Å²) in [4.78, 5) is 7.89. The number of nitrogens with zero attached hydrogens (tertiary/aromatic N) is 2. The number of methoxy groups -OCH3 is 1. The van der Waals surface area contributed by atoms with Crippen LogP contribution in [0, 0.1) is 0 Å². The molecular formula is C27H40N2OS. The molecule has 2 aromatic rings. The standard InChI is InChI=1S/C25H34N2OS.C2H6/c1-28-23-9-6-10-25(19-23)29-24-13-11-21(12-14-24)20-26-15-17-27(18-16-26)22-7-4-2-3-5-8-22;1-2/h6,9-14,19,22H,2-5,7-8,15-18,20H2,1H3;1-2H3. The van der Waals surface area contributed by atoms with Crippen molar-refractivity contribution in [3.8, 4) is 5.75 Å². The second-order valence-corrected chi connectivity index (χ2v) is 9.53. The predicted octanol–water partition coefficient (Wildman–Crippen LogP) is 6.71. The molecule has 0 radical (unpaired) electrons. The van der Waals surface area contributed by atoms with Crippen LogP contribution in [0.25, 0.3) is 0 Å². The molecule has 0 aromatic heterocycles. The monoisotopic (exact) mass is 440 g/mol. The summed E-state index contributed by atoms with van der Waals surface area (Å²) in [5, 5.41) is 0. The van der Waals surface area contributed by atoms with Gasteiger partial charge in [0.25, 0.3) is 0 Å².